The highest BCUT2D eigenvalue weighted by Gasteiger charge is 2.07. The van der Waals surface area contributed by atoms with Crippen LogP contribution in [0.1, 0.15) is 15.9 Å². The minimum atomic E-state index is -0.386. The van der Waals surface area contributed by atoms with E-state index >= 15 is 0 Å². The zero-order valence-electron chi connectivity index (χ0n) is 13.2. The Labute approximate surface area is 149 Å². The Bertz CT molecular complexity index is 867. The quantitative estimate of drug-likeness (QED) is 0.695. The highest BCUT2D eigenvalue weighted by atomic mass is 35.5. The molecule has 1 aromatic heterocycles. The van der Waals surface area contributed by atoms with Gasteiger partial charge in [-0.15, -0.1) is 0 Å². The van der Waals surface area contributed by atoms with Crippen molar-refractivity contribution in [2.75, 3.05) is 10.6 Å². The van der Waals surface area contributed by atoms with Gasteiger partial charge in [-0.25, -0.2) is 9.37 Å². The van der Waals surface area contributed by atoms with Crippen molar-refractivity contribution < 1.29 is 9.18 Å². The van der Waals surface area contributed by atoms with E-state index in [1.165, 1.54) is 24.3 Å². The summed E-state index contributed by atoms with van der Waals surface area (Å²) in [5.41, 5.74) is 2.15. The number of pyridine rings is 1. The van der Waals surface area contributed by atoms with Crippen LogP contribution in [-0.4, -0.2) is 10.9 Å². The first kappa shape index (κ1) is 16.9. The molecule has 0 atom stereocenters. The van der Waals surface area contributed by atoms with Gasteiger partial charge in [0.2, 0.25) is 0 Å². The molecule has 0 saturated carbocycles. The summed E-state index contributed by atoms with van der Waals surface area (Å²) in [5.74, 6) is -0.314. The molecule has 4 nitrogen and oxygen atoms in total. The molecule has 2 aromatic carbocycles. The number of nitrogens with zero attached hydrogens (tertiary/aromatic N) is 1. The predicted octanol–water partition coefficient (Wildman–Crippen LogP) is 4.74. The van der Waals surface area contributed by atoms with E-state index in [0.717, 1.165) is 11.3 Å². The van der Waals surface area contributed by atoms with Crippen LogP contribution in [0.4, 0.5) is 15.9 Å². The summed E-state index contributed by atoms with van der Waals surface area (Å²) in [4.78, 5) is 16.2. The Morgan fingerprint density at radius 3 is 2.48 bits per heavy atom. The zero-order chi connectivity index (χ0) is 17.6. The normalized spacial score (nSPS) is 10.3. The van der Waals surface area contributed by atoms with Gasteiger partial charge in [0.25, 0.3) is 5.91 Å². The maximum Gasteiger partial charge on any atom is 0.256 e. The Morgan fingerprint density at radius 1 is 1.04 bits per heavy atom. The first-order valence-electron chi connectivity index (χ1n) is 7.62. The van der Waals surface area contributed by atoms with Crippen LogP contribution in [0.15, 0.2) is 66.9 Å². The molecule has 0 bridgehead atoms. The van der Waals surface area contributed by atoms with Crippen molar-refractivity contribution in [1.82, 2.24) is 4.98 Å². The minimum Gasteiger partial charge on any atom is -0.380 e. The number of carbonyl (C=O) groups is 1. The van der Waals surface area contributed by atoms with Gasteiger partial charge < -0.3 is 10.6 Å². The first-order valence-corrected chi connectivity index (χ1v) is 8.00. The summed E-state index contributed by atoms with van der Waals surface area (Å²) >= 11 is 6.11. The first-order chi connectivity index (χ1) is 12.1. The highest BCUT2D eigenvalue weighted by Crippen LogP contribution is 2.17. The molecule has 1 amide bonds. The van der Waals surface area contributed by atoms with Crippen LogP contribution >= 0.6 is 11.6 Å². The van der Waals surface area contributed by atoms with Crippen molar-refractivity contribution in [1.29, 1.82) is 0 Å². The van der Waals surface area contributed by atoms with Crippen LogP contribution in [0.2, 0.25) is 5.02 Å². The lowest BCUT2D eigenvalue weighted by atomic mass is 10.2. The van der Waals surface area contributed by atoms with Crippen LogP contribution in [0.3, 0.4) is 0 Å². The molecule has 0 aliphatic carbocycles. The molecule has 0 fully saturated rings. The summed E-state index contributed by atoms with van der Waals surface area (Å²) in [6, 6.07) is 16.4. The molecule has 3 rings (SSSR count). The Morgan fingerprint density at radius 2 is 1.80 bits per heavy atom. The van der Waals surface area contributed by atoms with E-state index in [1.54, 1.807) is 12.3 Å². The van der Waals surface area contributed by atoms with Crippen LogP contribution < -0.4 is 10.6 Å². The van der Waals surface area contributed by atoms with Crippen LogP contribution in [0.25, 0.3) is 0 Å². The molecule has 0 unspecified atom stereocenters. The molecule has 0 aliphatic rings. The second-order valence-corrected chi connectivity index (χ2v) is 5.75. The molecule has 3 aromatic rings. The van der Waals surface area contributed by atoms with Crippen LogP contribution in [-0.2, 0) is 6.54 Å². The van der Waals surface area contributed by atoms with Crippen LogP contribution in [0, 0.1) is 5.82 Å². The van der Waals surface area contributed by atoms with E-state index in [2.05, 4.69) is 15.6 Å². The topological polar surface area (TPSA) is 54.0 Å². The smallest absolute Gasteiger partial charge is 0.256 e. The molecule has 25 heavy (non-hydrogen) atoms. The lowest BCUT2D eigenvalue weighted by Gasteiger charge is -2.09. The van der Waals surface area contributed by atoms with Gasteiger partial charge in [0.05, 0.1) is 11.9 Å². The Hall–Kier alpha value is -2.92. The molecule has 0 radical (unpaired) electrons. The number of carbonyl (C=O) groups excluding carboxylic acids is 1. The molecular formula is C19H15ClFN3O. The predicted molar refractivity (Wildman–Crippen MR) is 97.4 cm³/mol. The van der Waals surface area contributed by atoms with Gasteiger partial charge in [0.1, 0.15) is 11.6 Å². The van der Waals surface area contributed by atoms with E-state index in [0.29, 0.717) is 22.9 Å². The van der Waals surface area contributed by atoms with E-state index in [9.17, 15) is 9.18 Å². The molecular weight excluding hydrogens is 341 g/mol. The standard InChI is InChI=1S/C19H15ClFN3O/c20-17-4-2-1-3-14(17)11-22-16-9-10-18(23-12-16)24-19(25)13-5-7-15(21)8-6-13/h1-10,12,22H,11H2,(H,23,24,25). The summed E-state index contributed by atoms with van der Waals surface area (Å²) in [6.45, 7) is 0.572. The lowest BCUT2D eigenvalue weighted by molar-refractivity contribution is 0.102. The summed E-state index contributed by atoms with van der Waals surface area (Å²) in [6.07, 6.45) is 1.62. The molecule has 0 saturated heterocycles. The average molecular weight is 356 g/mol. The van der Waals surface area contributed by atoms with Crippen molar-refractivity contribution in [3.05, 3.63) is 88.8 Å². The van der Waals surface area contributed by atoms with E-state index in [-0.39, 0.29) is 11.7 Å². The largest absolute Gasteiger partial charge is 0.380 e. The third-order valence-corrected chi connectivity index (χ3v) is 3.92. The second kappa shape index (κ2) is 7.77. The zero-order valence-corrected chi connectivity index (χ0v) is 13.9. The van der Waals surface area contributed by atoms with E-state index in [1.807, 2.05) is 30.3 Å². The Balaban J connectivity index is 1.59. The third kappa shape index (κ3) is 4.55. The van der Waals surface area contributed by atoms with E-state index < -0.39 is 0 Å². The second-order valence-electron chi connectivity index (χ2n) is 5.34. The number of amides is 1. The number of hydrogen-bond donors (Lipinski definition) is 2. The summed E-state index contributed by atoms with van der Waals surface area (Å²) in [5, 5.41) is 6.59. The van der Waals surface area contributed by atoms with Crippen molar-refractivity contribution in [2.24, 2.45) is 0 Å². The number of rotatable bonds is 5. The molecule has 6 heteroatoms. The fraction of sp³-hybridized carbons (Fsp3) is 0.0526. The number of nitrogens with one attached hydrogen (secondary N) is 2. The molecule has 2 N–H and O–H groups in total. The summed E-state index contributed by atoms with van der Waals surface area (Å²) < 4.78 is 12.9. The summed E-state index contributed by atoms with van der Waals surface area (Å²) in [7, 11) is 0. The SMILES string of the molecule is O=C(Nc1ccc(NCc2ccccc2Cl)cn1)c1ccc(F)cc1. The number of anilines is 2. The van der Waals surface area contributed by atoms with E-state index in [4.69, 9.17) is 11.6 Å². The van der Waals surface area contributed by atoms with Crippen molar-refractivity contribution in [3.8, 4) is 0 Å². The highest BCUT2D eigenvalue weighted by molar-refractivity contribution is 6.31. The van der Waals surface area contributed by atoms with Gasteiger partial charge >= 0.3 is 0 Å². The van der Waals surface area contributed by atoms with Gasteiger partial charge in [-0.1, -0.05) is 29.8 Å². The average Bonchev–Trinajstić information content (AvgIpc) is 2.63. The molecule has 0 spiro atoms. The van der Waals surface area contributed by atoms with Crippen molar-refractivity contribution >= 4 is 29.0 Å². The lowest BCUT2D eigenvalue weighted by Crippen LogP contribution is -2.13. The number of hydrogen-bond acceptors (Lipinski definition) is 3. The number of aromatic nitrogens is 1. The molecule has 126 valence electrons. The fourth-order valence-corrected chi connectivity index (χ4v) is 2.40. The van der Waals surface area contributed by atoms with Gasteiger partial charge in [-0.2, -0.15) is 0 Å². The fourth-order valence-electron chi connectivity index (χ4n) is 2.20. The molecule has 1 heterocycles. The van der Waals surface area contributed by atoms with Gasteiger partial charge in [0.15, 0.2) is 0 Å². The number of benzene rings is 2. The number of halogens is 2. The van der Waals surface area contributed by atoms with Crippen molar-refractivity contribution in [3.63, 3.8) is 0 Å². The molecule has 0 aliphatic heterocycles. The Kier molecular flexibility index (Phi) is 5.26. The maximum atomic E-state index is 12.9. The monoisotopic (exact) mass is 355 g/mol. The maximum absolute atomic E-state index is 12.9. The van der Waals surface area contributed by atoms with Crippen LogP contribution in [0.5, 0.6) is 0 Å². The minimum absolute atomic E-state index is 0.343. The van der Waals surface area contributed by atoms with Gasteiger partial charge in [-0.05, 0) is 48.0 Å². The third-order valence-electron chi connectivity index (χ3n) is 3.55. The van der Waals surface area contributed by atoms with Gasteiger partial charge in [-0.3, -0.25) is 4.79 Å². The van der Waals surface area contributed by atoms with Gasteiger partial charge in [0, 0.05) is 17.1 Å². The van der Waals surface area contributed by atoms with Crippen molar-refractivity contribution in [2.45, 2.75) is 6.54 Å².